The van der Waals surface area contributed by atoms with E-state index in [0.29, 0.717) is 23.0 Å². The van der Waals surface area contributed by atoms with E-state index in [2.05, 4.69) is 25.2 Å². The molecule has 0 aliphatic heterocycles. The number of alkyl halides is 2. The highest BCUT2D eigenvalue weighted by atomic mass is 19.3. The van der Waals surface area contributed by atoms with Gasteiger partial charge in [0.25, 0.3) is 0 Å². The number of carbonyl (C=O) groups is 1. The van der Waals surface area contributed by atoms with Gasteiger partial charge in [0, 0.05) is 22.7 Å². The molecule has 3 aromatic rings. The van der Waals surface area contributed by atoms with E-state index in [1.165, 1.54) is 6.07 Å². The zero-order valence-corrected chi connectivity index (χ0v) is 14.9. The molecule has 1 amide bonds. The minimum atomic E-state index is -2.94. The number of halogens is 2. The number of nitrogens with one attached hydrogen (secondary N) is 2. The van der Waals surface area contributed by atoms with Crippen LogP contribution in [0, 0.1) is 0 Å². The van der Waals surface area contributed by atoms with E-state index in [9.17, 15) is 13.6 Å². The quantitative estimate of drug-likeness (QED) is 0.642. The lowest BCUT2D eigenvalue weighted by molar-refractivity contribution is -0.115. The van der Waals surface area contributed by atoms with Gasteiger partial charge in [-0.3, -0.25) is 9.89 Å². The topological polar surface area (TPSA) is 79.9 Å². The summed E-state index contributed by atoms with van der Waals surface area (Å²) in [5, 5.41) is 9.97. The lowest BCUT2D eigenvalue weighted by atomic mass is 10.1. The predicted molar refractivity (Wildman–Crippen MR) is 99.2 cm³/mol. The van der Waals surface area contributed by atoms with Crippen LogP contribution >= 0.6 is 0 Å². The molecule has 0 unspecified atom stereocenters. The second-order valence-electron chi connectivity index (χ2n) is 6.61. The molecule has 8 heteroatoms. The van der Waals surface area contributed by atoms with Crippen LogP contribution in [0.15, 0.2) is 48.5 Å². The van der Waals surface area contributed by atoms with Crippen LogP contribution in [0.3, 0.4) is 0 Å². The van der Waals surface area contributed by atoms with Gasteiger partial charge < -0.3 is 10.1 Å². The summed E-state index contributed by atoms with van der Waals surface area (Å²) in [5.41, 5.74) is 1.74. The van der Waals surface area contributed by atoms with E-state index in [1.807, 2.05) is 6.07 Å². The van der Waals surface area contributed by atoms with Crippen molar-refractivity contribution in [2.75, 3.05) is 5.32 Å². The van der Waals surface area contributed by atoms with Crippen molar-refractivity contribution in [3.8, 4) is 17.1 Å². The van der Waals surface area contributed by atoms with Crippen molar-refractivity contribution in [1.82, 2.24) is 15.2 Å². The zero-order valence-electron chi connectivity index (χ0n) is 14.9. The molecule has 1 saturated carbocycles. The summed E-state index contributed by atoms with van der Waals surface area (Å²) in [5.74, 6) is 1.60. The Labute approximate surface area is 160 Å². The third kappa shape index (κ3) is 4.33. The lowest BCUT2D eigenvalue weighted by Gasteiger charge is -2.11. The van der Waals surface area contributed by atoms with Crippen molar-refractivity contribution in [2.45, 2.75) is 31.8 Å². The molecule has 1 aliphatic rings. The molecular formula is C20H18F2N4O2. The number of benzene rings is 2. The highest BCUT2D eigenvalue weighted by molar-refractivity contribution is 5.93. The smallest absolute Gasteiger partial charge is 0.387 e. The summed E-state index contributed by atoms with van der Waals surface area (Å²) in [6.07, 6.45) is 2.17. The summed E-state index contributed by atoms with van der Waals surface area (Å²) >= 11 is 0. The number of ether oxygens (including phenoxy) is 1. The molecule has 0 radical (unpaired) electrons. The van der Waals surface area contributed by atoms with Crippen molar-refractivity contribution < 1.29 is 18.3 Å². The Morgan fingerprint density at radius 1 is 1.21 bits per heavy atom. The first-order chi connectivity index (χ1) is 13.6. The molecule has 4 rings (SSSR count). The summed E-state index contributed by atoms with van der Waals surface area (Å²) < 4.78 is 29.5. The van der Waals surface area contributed by atoms with E-state index in [-0.39, 0.29) is 18.1 Å². The molecule has 1 fully saturated rings. The van der Waals surface area contributed by atoms with Crippen LogP contribution in [0.2, 0.25) is 0 Å². The first-order valence-electron chi connectivity index (χ1n) is 8.94. The Hall–Kier alpha value is -3.29. The largest absolute Gasteiger partial charge is 0.435 e. The Kier molecular flexibility index (Phi) is 5.01. The first-order valence-corrected chi connectivity index (χ1v) is 8.94. The third-order valence-corrected chi connectivity index (χ3v) is 4.41. The number of hydrogen-bond donors (Lipinski definition) is 2. The maximum atomic E-state index is 12.5. The molecule has 144 valence electrons. The van der Waals surface area contributed by atoms with Crippen LogP contribution in [0.4, 0.5) is 14.5 Å². The van der Waals surface area contributed by atoms with Crippen molar-refractivity contribution in [3.05, 3.63) is 59.9 Å². The average molecular weight is 384 g/mol. The number of aromatic amines is 1. The number of H-pyrrole nitrogens is 1. The molecule has 2 N–H and O–H groups in total. The molecule has 2 aromatic carbocycles. The zero-order chi connectivity index (χ0) is 19.5. The molecule has 1 aromatic heterocycles. The molecule has 1 heterocycles. The van der Waals surface area contributed by atoms with Crippen molar-refractivity contribution in [3.63, 3.8) is 0 Å². The van der Waals surface area contributed by atoms with E-state index in [4.69, 9.17) is 0 Å². The van der Waals surface area contributed by atoms with E-state index in [1.54, 1.807) is 36.4 Å². The van der Waals surface area contributed by atoms with Crippen LogP contribution in [-0.4, -0.2) is 27.7 Å². The van der Waals surface area contributed by atoms with E-state index < -0.39 is 6.61 Å². The van der Waals surface area contributed by atoms with Gasteiger partial charge in [-0.2, -0.15) is 13.9 Å². The Morgan fingerprint density at radius 2 is 2.04 bits per heavy atom. The maximum Gasteiger partial charge on any atom is 0.387 e. The molecule has 0 atom stereocenters. The normalized spacial score (nSPS) is 13.5. The predicted octanol–water partition coefficient (Wildman–Crippen LogP) is 4.13. The van der Waals surface area contributed by atoms with Crippen LogP contribution in [-0.2, 0) is 11.2 Å². The van der Waals surface area contributed by atoms with Crippen molar-refractivity contribution in [2.24, 2.45) is 0 Å². The van der Waals surface area contributed by atoms with E-state index in [0.717, 1.165) is 24.2 Å². The molecule has 1 aliphatic carbocycles. The summed E-state index contributed by atoms with van der Waals surface area (Å²) in [6, 6.07) is 13.4. The van der Waals surface area contributed by atoms with Gasteiger partial charge in [-0.05, 0) is 31.0 Å². The molecule has 6 nitrogen and oxygen atoms in total. The summed E-state index contributed by atoms with van der Waals surface area (Å²) in [6.45, 7) is -2.94. The Morgan fingerprint density at radius 3 is 2.82 bits per heavy atom. The first kappa shape index (κ1) is 18.1. The number of anilines is 1. The average Bonchev–Trinajstić information content (AvgIpc) is 3.40. The second kappa shape index (κ2) is 7.75. The van der Waals surface area contributed by atoms with Gasteiger partial charge in [-0.15, -0.1) is 0 Å². The van der Waals surface area contributed by atoms with Gasteiger partial charge >= 0.3 is 6.61 Å². The minimum absolute atomic E-state index is 0.00488. The van der Waals surface area contributed by atoms with Crippen LogP contribution in [0.1, 0.15) is 30.1 Å². The highest BCUT2D eigenvalue weighted by Crippen LogP contribution is 2.38. The number of aromatic nitrogens is 3. The number of hydrogen-bond acceptors (Lipinski definition) is 4. The minimum Gasteiger partial charge on any atom is -0.435 e. The Balaban J connectivity index is 1.45. The lowest BCUT2D eigenvalue weighted by Crippen LogP contribution is -2.15. The number of nitrogens with zero attached hydrogens (tertiary/aromatic N) is 2. The monoisotopic (exact) mass is 384 g/mol. The number of amides is 1. The van der Waals surface area contributed by atoms with Crippen LogP contribution in [0.25, 0.3) is 11.4 Å². The fourth-order valence-corrected chi connectivity index (χ4v) is 2.92. The van der Waals surface area contributed by atoms with Crippen LogP contribution in [0.5, 0.6) is 5.75 Å². The van der Waals surface area contributed by atoms with Gasteiger partial charge in [0.15, 0.2) is 5.82 Å². The van der Waals surface area contributed by atoms with Crippen LogP contribution < -0.4 is 10.1 Å². The maximum absolute atomic E-state index is 12.5. The molecule has 0 saturated heterocycles. The van der Waals surface area contributed by atoms with Gasteiger partial charge in [0.1, 0.15) is 11.6 Å². The van der Waals surface area contributed by atoms with Gasteiger partial charge in [-0.25, -0.2) is 4.98 Å². The summed E-state index contributed by atoms with van der Waals surface area (Å²) in [7, 11) is 0. The molecule has 0 bridgehead atoms. The highest BCUT2D eigenvalue weighted by Gasteiger charge is 2.27. The Bertz CT molecular complexity index is 986. The number of carbonyl (C=O) groups excluding carboxylic acids is 1. The third-order valence-electron chi connectivity index (χ3n) is 4.41. The van der Waals surface area contributed by atoms with Crippen molar-refractivity contribution >= 4 is 11.6 Å². The van der Waals surface area contributed by atoms with Gasteiger partial charge in [0.2, 0.25) is 5.91 Å². The SMILES string of the molecule is O=C(Cc1ccccc1OC(F)F)Nc1cccc(-c2n[nH]c(C3CC3)n2)c1. The fraction of sp³-hybridized carbons (Fsp3) is 0.250. The summed E-state index contributed by atoms with van der Waals surface area (Å²) in [4.78, 5) is 16.9. The molecule has 0 spiro atoms. The van der Waals surface area contributed by atoms with Gasteiger partial charge in [-0.1, -0.05) is 30.3 Å². The number of rotatable bonds is 7. The van der Waals surface area contributed by atoms with E-state index >= 15 is 0 Å². The van der Waals surface area contributed by atoms with Crippen molar-refractivity contribution in [1.29, 1.82) is 0 Å². The fourth-order valence-electron chi connectivity index (χ4n) is 2.92. The standard InChI is InChI=1S/C20H18F2N4O2/c21-20(22)28-16-7-2-1-4-13(16)11-17(27)23-15-6-3-5-14(10-15)19-24-18(25-26-19)12-8-9-12/h1-7,10,12,20H,8-9,11H2,(H,23,27)(H,24,25,26). The van der Waals surface area contributed by atoms with Gasteiger partial charge in [0.05, 0.1) is 6.42 Å². The number of para-hydroxylation sites is 1. The molecular weight excluding hydrogens is 366 g/mol. The molecule has 28 heavy (non-hydrogen) atoms. The second-order valence-corrected chi connectivity index (χ2v) is 6.61.